The third kappa shape index (κ3) is 17.4. The first kappa shape index (κ1) is 61.4. The molecule has 0 radical (unpaired) electrons. The van der Waals surface area contributed by atoms with E-state index < -0.39 is 86.1 Å². The van der Waals surface area contributed by atoms with Crippen LogP contribution in [-0.2, 0) is 52.4 Å². The number of hydrogen-bond acceptors (Lipinski definition) is 14. The van der Waals surface area contributed by atoms with Crippen molar-refractivity contribution in [3.63, 3.8) is 0 Å². The van der Waals surface area contributed by atoms with Gasteiger partial charge in [-0.2, -0.15) is 0 Å². The molecule has 1 amide bonds. The molecule has 16 heteroatoms. The number of aliphatic hydroxyl groups excluding tert-OH is 1. The number of ether oxygens (including phenoxy) is 6. The highest BCUT2D eigenvalue weighted by molar-refractivity contribution is 6.69. The number of allylic oxidation sites excluding steroid dienone is 6. The number of cyclic esters (lactones) is 1. The van der Waals surface area contributed by atoms with E-state index in [9.17, 15) is 39.0 Å². The second-order valence-corrected chi connectivity index (χ2v) is 26.5. The van der Waals surface area contributed by atoms with Crippen LogP contribution in [0.2, 0.25) is 19.1 Å². The van der Waals surface area contributed by atoms with Crippen LogP contribution < -0.4 is 0 Å². The first-order valence-corrected chi connectivity index (χ1v) is 29.9. The fourth-order valence-electron chi connectivity index (χ4n) is 11.0. The Morgan fingerprint density at radius 1 is 0.861 bits per heavy atom. The summed E-state index contributed by atoms with van der Waals surface area (Å²) in [5.74, 6) is -7.90. The Bertz CT molecular complexity index is 1930. The van der Waals surface area contributed by atoms with Crippen molar-refractivity contribution in [1.29, 1.82) is 0 Å². The monoisotopic (exact) mass is 1030 g/mol. The molecule has 0 aromatic carbocycles. The fraction of sp³-hybridized carbons (Fsp3) is 0.768. The summed E-state index contributed by atoms with van der Waals surface area (Å²) in [5, 5.41) is 23.5. The zero-order valence-corrected chi connectivity index (χ0v) is 46.6. The van der Waals surface area contributed by atoms with Crippen LogP contribution >= 0.6 is 0 Å². The Labute approximate surface area is 431 Å². The SMILES string of the molecule is CO[C@H]1C[C@@H]2CC[C@@H](C)[C@@](O)(O2)C(=O)C(=O)N2CCCC[C@H]2C(=O)O[C@H]([C@@H](C)C[C@@H]2CC[C@@H](OCCC[Si](C)(C)O)[C@H](OC)C2)CC(=O)[C@H](C)/C=C(\C)[C@@H](O)[C@@H](OC)C(=O)[C@H](C)C[C@H](C)/C=C/C=CC=C1C. The van der Waals surface area contributed by atoms with Crippen LogP contribution in [0.15, 0.2) is 47.6 Å². The molecule has 3 heterocycles. The van der Waals surface area contributed by atoms with Crippen molar-refractivity contribution < 1.29 is 67.4 Å². The van der Waals surface area contributed by atoms with E-state index in [4.69, 9.17) is 28.4 Å². The largest absolute Gasteiger partial charge is 0.460 e. The Morgan fingerprint density at radius 3 is 2.25 bits per heavy atom. The summed E-state index contributed by atoms with van der Waals surface area (Å²) in [6, 6.07) is -0.392. The van der Waals surface area contributed by atoms with Crippen LogP contribution in [0, 0.1) is 35.5 Å². The van der Waals surface area contributed by atoms with Gasteiger partial charge in [-0.05, 0) is 133 Å². The minimum absolute atomic E-state index is 0.0159. The minimum atomic E-state index is -2.43. The van der Waals surface area contributed by atoms with Gasteiger partial charge in [0.25, 0.3) is 11.7 Å². The van der Waals surface area contributed by atoms with Gasteiger partial charge in [-0.1, -0.05) is 71.1 Å². The summed E-state index contributed by atoms with van der Waals surface area (Å²) in [6.07, 6.45) is 13.1. The standard InChI is InChI=1S/C56H91NO14Si/c1-35-19-14-13-15-20-36(2)47(66-8)33-43-24-22-41(7)56(64,71-43)53(61)54(62)57-26-17-16-21-44(57)55(63)70-48(34-45(58)37(3)30-40(6)51(60)52(68-10)50(59)39(5)29-35)38(4)31-42-23-25-46(49(32-42)67-9)69-27-18-28-72(11,12)65/h13-15,19-20,30,35,37-39,41-44,46-49,51-52,60,64-65H,16-18,21-29,31-34H2,1-12H3/b15-13?,19-14+,36-20?,40-30+/t35-,37-,38+,39-,41-,42+,43+,44+,46-,47+,48+,49-,51-,52+,56-/m1/s1. The zero-order chi connectivity index (χ0) is 53.5. The molecule has 4 aliphatic rings. The average molecular weight is 1030 g/mol. The topological polar surface area (TPSA) is 205 Å². The van der Waals surface area contributed by atoms with Crippen LogP contribution in [0.5, 0.6) is 0 Å². The van der Waals surface area contributed by atoms with Gasteiger partial charge in [0.1, 0.15) is 30.1 Å². The Balaban J connectivity index is 1.67. The smallest absolute Gasteiger partial charge is 0.329 e. The number of nitrogens with zero attached hydrogens (tertiary/aromatic N) is 1. The van der Waals surface area contributed by atoms with E-state index in [0.29, 0.717) is 63.5 Å². The predicted molar refractivity (Wildman–Crippen MR) is 278 cm³/mol. The van der Waals surface area contributed by atoms with Gasteiger partial charge >= 0.3 is 5.97 Å². The molecule has 1 aliphatic carbocycles. The third-order valence-electron chi connectivity index (χ3n) is 15.7. The predicted octanol–water partition coefficient (Wildman–Crippen LogP) is 7.79. The number of fused-ring (bicyclic) bond motifs is 3. The molecule has 3 fully saturated rings. The van der Waals surface area contributed by atoms with E-state index in [0.717, 1.165) is 30.9 Å². The van der Waals surface area contributed by atoms with Crippen molar-refractivity contribution in [2.24, 2.45) is 35.5 Å². The quantitative estimate of drug-likeness (QED) is 0.0595. The van der Waals surface area contributed by atoms with Crippen molar-refractivity contribution in [3.8, 4) is 0 Å². The van der Waals surface area contributed by atoms with Crippen molar-refractivity contribution in [3.05, 3.63) is 47.6 Å². The summed E-state index contributed by atoms with van der Waals surface area (Å²) in [6.45, 7) is 17.2. The summed E-state index contributed by atoms with van der Waals surface area (Å²) < 4.78 is 36.2. The summed E-state index contributed by atoms with van der Waals surface area (Å²) in [4.78, 5) is 82.8. The lowest BCUT2D eigenvalue weighted by atomic mass is 9.78. The number of Topliss-reactive ketones (excluding diaryl/α,β-unsaturated/α-hetero) is 3. The van der Waals surface area contributed by atoms with Gasteiger partial charge in [-0.25, -0.2) is 4.79 Å². The lowest BCUT2D eigenvalue weighted by Crippen LogP contribution is -2.61. The van der Waals surface area contributed by atoms with Gasteiger partial charge in [-0.15, -0.1) is 0 Å². The number of rotatable bonds is 11. The summed E-state index contributed by atoms with van der Waals surface area (Å²) in [7, 11) is 2.46. The second kappa shape index (κ2) is 28.6. The van der Waals surface area contributed by atoms with Crippen LogP contribution in [-0.4, -0.2) is 146 Å². The maximum absolute atomic E-state index is 14.6. The Kier molecular flexibility index (Phi) is 24.4. The number of esters is 1. The summed E-state index contributed by atoms with van der Waals surface area (Å²) >= 11 is 0. The lowest BCUT2D eigenvalue weighted by Gasteiger charge is -2.42. The zero-order valence-electron chi connectivity index (χ0n) is 45.6. The molecule has 408 valence electrons. The molecule has 0 aromatic rings. The molecule has 3 N–H and O–H groups in total. The fourth-order valence-corrected chi connectivity index (χ4v) is 12.0. The van der Waals surface area contributed by atoms with Gasteiger partial charge in [0, 0.05) is 65.1 Å². The number of ketones is 3. The van der Waals surface area contributed by atoms with Gasteiger partial charge < -0.3 is 48.3 Å². The lowest BCUT2D eigenvalue weighted by molar-refractivity contribution is -0.265. The maximum Gasteiger partial charge on any atom is 0.329 e. The van der Waals surface area contributed by atoms with Crippen LogP contribution in [0.4, 0.5) is 0 Å². The Morgan fingerprint density at radius 2 is 1.58 bits per heavy atom. The number of carbonyl (C=O) groups is 5. The molecule has 0 aromatic heterocycles. The highest BCUT2D eigenvalue weighted by Crippen LogP contribution is 2.38. The number of hydrogen-bond donors (Lipinski definition) is 3. The first-order valence-electron chi connectivity index (χ1n) is 26.8. The highest BCUT2D eigenvalue weighted by Gasteiger charge is 2.53. The normalized spacial score (nSPS) is 36.7. The molecular formula is C56H91NO14Si. The molecule has 0 unspecified atom stereocenters. The van der Waals surface area contributed by atoms with E-state index in [-0.39, 0.29) is 60.9 Å². The highest BCUT2D eigenvalue weighted by atomic mass is 28.4. The van der Waals surface area contributed by atoms with Gasteiger partial charge in [0.05, 0.1) is 24.4 Å². The molecule has 72 heavy (non-hydrogen) atoms. The molecule has 1 saturated carbocycles. The Hall–Kier alpha value is -3.19. The van der Waals surface area contributed by atoms with Crippen LogP contribution in [0.1, 0.15) is 132 Å². The van der Waals surface area contributed by atoms with Gasteiger partial charge in [0.2, 0.25) is 5.79 Å². The summed E-state index contributed by atoms with van der Waals surface area (Å²) in [5.41, 5.74) is 1.27. The second-order valence-electron chi connectivity index (χ2n) is 22.3. The van der Waals surface area contributed by atoms with E-state index >= 15 is 0 Å². The van der Waals surface area contributed by atoms with E-state index in [1.54, 1.807) is 41.1 Å². The molecule has 15 atom stereocenters. The average Bonchev–Trinajstić information content (AvgIpc) is 3.34. The molecule has 4 rings (SSSR count). The molecule has 15 nitrogen and oxygen atoms in total. The van der Waals surface area contributed by atoms with Crippen molar-refractivity contribution >= 4 is 37.5 Å². The number of aliphatic hydroxyl groups is 2. The maximum atomic E-state index is 14.6. The van der Waals surface area contributed by atoms with Crippen molar-refractivity contribution in [2.45, 2.75) is 206 Å². The van der Waals surface area contributed by atoms with Crippen LogP contribution in [0.3, 0.4) is 0 Å². The molecule has 2 saturated heterocycles. The number of carbonyl (C=O) groups excluding carboxylic acids is 5. The molecule has 2 bridgehead atoms. The van der Waals surface area contributed by atoms with Crippen molar-refractivity contribution in [2.75, 3.05) is 34.5 Å². The van der Waals surface area contributed by atoms with Crippen molar-refractivity contribution in [1.82, 2.24) is 4.90 Å². The van der Waals surface area contributed by atoms with E-state index in [1.165, 1.54) is 12.0 Å². The first-order chi connectivity index (χ1) is 33.9. The van der Waals surface area contributed by atoms with Gasteiger partial charge in [-0.3, -0.25) is 19.2 Å². The van der Waals surface area contributed by atoms with Crippen LogP contribution in [0.25, 0.3) is 0 Å². The molecule has 0 spiro atoms. The number of amides is 1. The molecular weight excluding hydrogens is 939 g/mol. The third-order valence-corrected chi connectivity index (χ3v) is 17.3. The number of methoxy groups -OCH3 is 3. The minimum Gasteiger partial charge on any atom is -0.460 e. The molecule has 3 aliphatic heterocycles. The van der Waals surface area contributed by atoms with Gasteiger partial charge in [0.15, 0.2) is 14.1 Å². The number of piperidine rings is 1. The van der Waals surface area contributed by atoms with E-state index in [2.05, 4.69) is 0 Å². The van der Waals surface area contributed by atoms with E-state index in [1.807, 2.05) is 71.2 Å².